The highest BCUT2D eigenvalue weighted by Gasteiger charge is 2.15. The van der Waals surface area contributed by atoms with E-state index >= 15 is 0 Å². The summed E-state index contributed by atoms with van der Waals surface area (Å²) in [6.07, 6.45) is 2.66. The molecule has 0 aliphatic carbocycles. The summed E-state index contributed by atoms with van der Waals surface area (Å²) >= 11 is 0. The van der Waals surface area contributed by atoms with Crippen LogP contribution in [0.5, 0.6) is 34.5 Å². The molecule has 1 N–H and O–H groups in total. The second kappa shape index (κ2) is 12.1. The van der Waals surface area contributed by atoms with E-state index in [0.717, 1.165) is 0 Å². The maximum Gasteiger partial charge on any atom is 0.331 e. The van der Waals surface area contributed by atoms with Gasteiger partial charge in [-0.1, -0.05) is 0 Å². The number of benzene rings is 2. The Morgan fingerprint density at radius 3 is 1.79 bits per heavy atom. The maximum atomic E-state index is 12.2. The summed E-state index contributed by atoms with van der Waals surface area (Å²) in [5.74, 6) is 1.29. The van der Waals surface area contributed by atoms with Gasteiger partial charge < -0.3 is 38.5 Å². The van der Waals surface area contributed by atoms with E-state index in [1.54, 1.807) is 24.3 Å². The van der Waals surface area contributed by atoms with E-state index in [2.05, 4.69) is 5.32 Å². The van der Waals surface area contributed by atoms with Crippen molar-refractivity contribution in [3.8, 4) is 34.5 Å². The van der Waals surface area contributed by atoms with Crippen LogP contribution in [0.15, 0.2) is 30.3 Å². The SMILES string of the molecule is COc1cc(OC)c(OC)cc1/C=C/C(=O)OCC(=O)Nc1cc(OC)c(OC)c(OC)c1. The van der Waals surface area contributed by atoms with Crippen molar-refractivity contribution < 1.29 is 42.7 Å². The average Bonchev–Trinajstić information content (AvgIpc) is 2.84. The lowest BCUT2D eigenvalue weighted by atomic mass is 10.1. The smallest absolute Gasteiger partial charge is 0.331 e. The molecule has 0 aromatic heterocycles. The molecule has 0 saturated carbocycles. The van der Waals surface area contributed by atoms with Gasteiger partial charge in [-0.3, -0.25) is 4.79 Å². The Hall–Kier alpha value is -4.08. The van der Waals surface area contributed by atoms with Crippen molar-refractivity contribution in [2.24, 2.45) is 0 Å². The zero-order valence-corrected chi connectivity index (χ0v) is 19.3. The van der Waals surface area contributed by atoms with Gasteiger partial charge in [0.05, 0.1) is 42.7 Å². The molecule has 0 spiro atoms. The van der Waals surface area contributed by atoms with Gasteiger partial charge in [0, 0.05) is 35.5 Å². The van der Waals surface area contributed by atoms with E-state index in [1.807, 2.05) is 0 Å². The first-order chi connectivity index (χ1) is 15.9. The molecule has 0 aliphatic heterocycles. The van der Waals surface area contributed by atoms with Crippen LogP contribution in [0.2, 0.25) is 0 Å². The van der Waals surface area contributed by atoms with Crippen molar-refractivity contribution in [2.75, 3.05) is 54.6 Å². The molecule has 10 heteroatoms. The molecule has 0 unspecified atom stereocenters. The third-order valence-electron chi connectivity index (χ3n) is 4.43. The van der Waals surface area contributed by atoms with Gasteiger partial charge in [0.25, 0.3) is 5.91 Å². The Morgan fingerprint density at radius 1 is 0.727 bits per heavy atom. The Balaban J connectivity index is 2.03. The van der Waals surface area contributed by atoms with E-state index in [4.69, 9.17) is 33.2 Å². The third kappa shape index (κ3) is 6.45. The number of ether oxygens (including phenoxy) is 7. The van der Waals surface area contributed by atoms with Gasteiger partial charge in [-0.25, -0.2) is 4.79 Å². The molecule has 178 valence electrons. The molecule has 0 heterocycles. The lowest BCUT2D eigenvalue weighted by molar-refractivity contribution is -0.142. The van der Waals surface area contributed by atoms with E-state index in [-0.39, 0.29) is 0 Å². The number of amides is 1. The zero-order valence-electron chi connectivity index (χ0n) is 19.3. The molecule has 0 fully saturated rings. The number of carbonyl (C=O) groups excluding carboxylic acids is 2. The summed E-state index contributed by atoms with van der Waals surface area (Å²) in [6, 6.07) is 6.40. The van der Waals surface area contributed by atoms with Gasteiger partial charge in [-0.05, 0) is 12.1 Å². The van der Waals surface area contributed by atoms with Crippen molar-refractivity contribution in [1.82, 2.24) is 0 Å². The van der Waals surface area contributed by atoms with Gasteiger partial charge in [0.15, 0.2) is 29.6 Å². The fraction of sp³-hybridized carbons (Fsp3) is 0.304. The third-order valence-corrected chi connectivity index (χ3v) is 4.43. The Morgan fingerprint density at radius 2 is 1.27 bits per heavy atom. The number of methoxy groups -OCH3 is 6. The van der Waals surface area contributed by atoms with Crippen molar-refractivity contribution in [3.05, 3.63) is 35.9 Å². The standard InChI is InChI=1S/C23H27NO9/c1-27-16-12-18(29-3)17(28-2)9-14(16)7-8-22(26)33-13-21(25)24-15-10-19(30-4)23(32-6)20(11-15)31-5/h7-12H,13H2,1-6H3,(H,24,25)/b8-7+. The highest BCUT2D eigenvalue weighted by Crippen LogP contribution is 2.40. The van der Waals surface area contributed by atoms with Crippen LogP contribution in [0.1, 0.15) is 5.56 Å². The van der Waals surface area contributed by atoms with Crippen LogP contribution in [-0.2, 0) is 14.3 Å². The van der Waals surface area contributed by atoms with Crippen molar-refractivity contribution in [1.29, 1.82) is 0 Å². The molecular formula is C23H27NO9. The number of nitrogens with one attached hydrogen (secondary N) is 1. The fourth-order valence-corrected chi connectivity index (χ4v) is 2.88. The largest absolute Gasteiger partial charge is 0.496 e. The normalized spacial score (nSPS) is 10.4. The molecule has 0 saturated heterocycles. The average molecular weight is 461 g/mol. The van der Waals surface area contributed by atoms with E-state index in [9.17, 15) is 9.59 Å². The number of rotatable bonds is 11. The minimum absolute atomic E-state index is 0.371. The van der Waals surface area contributed by atoms with Crippen LogP contribution in [-0.4, -0.2) is 61.1 Å². The lowest BCUT2D eigenvalue weighted by Crippen LogP contribution is -2.20. The van der Waals surface area contributed by atoms with Crippen LogP contribution in [0.4, 0.5) is 5.69 Å². The summed E-state index contributed by atoms with van der Waals surface area (Å²) in [5, 5.41) is 2.61. The lowest BCUT2D eigenvalue weighted by Gasteiger charge is -2.14. The molecule has 2 aromatic rings. The summed E-state index contributed by atoms with van der Waals surface area (Å²) < 4.78 is 36.5. The van der Waals surface area contributed by atoms with Gasteiger partial charge in [-0.15, -0.1) is 0 Å². The number of hydrogen-bond donors (Lipinski definition) is 1. The van der Waals surface area contributed by atoms with Gasteiger partial charge in [0.1, 0.15) is 5.75 Å². The van der Waals surface area contributed by atoms with Gasteiger partial charge in [-0.2, -0.15) is 0 Å². The number of anilines is 1. The summed E-state index contributed by atoms with van der Waals surface area (Å²) in [6.45, 7) is -0.497. The summed E-state index contributed by atoms with van der Waals surface area (Å²) in [4.78, 5) is 24.3. The number of carbonyl (C=O) groups is 2. The van der Waals surface area contributed by atoms with E-state index < -0.39 is 18.5 Å². The second-order valence-electron chi connectivity index (χ2n) is 6.35. The van der Waals surface area contributed by atoms with Crippen LogP contribution >= 0.6 is 0 Å². The van der Waals surface area contributed by atoms with Crippen LogP contribution in [0.25, 0.3) is 6.08 Å². The van der Waals surface area contributed by atoms with Gasteiger partial charge in [0.2, 0.25) is 5.75 Å². The Labute approximate surface area is 191 Å². The number of hydrogen-bond acceptors (Lipinski definition) is 9. The molecule has 10 nitrogen and oxygen atoms in total. The predicted octanol–water partition coefficient (Wildman–Crippen LogP) is 2.93. The van der Waals surface area contributed by atoms with Crippen LogP contribution in [0, 0.1) is 0 Å². The molecule has 0 radical (unpaired) electrons. The molecule has 33 heavy (non-hydrogen) atoms. The Bertz CT molecular complexity index is 992. The van der Waals surface area contributed by atoms with Gasteiger partial charge >= 0.3 is 5.97 Å². The van der Waals surface area contributed by atoms with E-state index in [0.29, 0.717) is 45.7 Å². The topological polar surface area (TPSA) is 111 Å². The fourth-order valence-electron chi connectivity index (χ4n) is 2.88. The van der Waals surface area contributed by atoms with Crippen LogP contribution < -0.4 is 33.7 Å². The molecule has 2 aromatic carbocycles. The van der Waals surface area contributed by atoms with Crippen molar-refractivity contribution >= 4 is 23.6 Å². The highest BCUT2D eigenvalue weighted by atomic mass is 16.5. The molecular weight excluding hydrogens is 434 g/mol. The zero-order chi connectivity index (χ0) is 24.4. The first kappa shape index (κ1) is 25.2. The molecule has 0 atom stereocenters. The first-order valence-electron chi connectivity index (χ1n) is 9.65. The highest BCUT2D eigenvalue weighted by molar-refractivity contribution is 5.95. The molecule has 1 amide bonds. The first-order valence-corrected chi connectivity index (χ1v) is 9.65. The number of esters is 1. The predicted molar refractivity (Wildman–Crippen MR) is 121 cm³/mol. The molecule has 0 bridgehead atoms. The quantitative estimate of drug-likeness (QED) is 0.399. The maximum absolute atomic E-state index is 12.2. The summed E-state index contributed by atoms with van der Waals surface area (Å²) in [5.41, 5.74) is 0.949. The molecule has 2 rings (SSSR count). The minimum Gasteiger partial charge on any atom is -0.496 e. The Kier molecular flexibility index (Phi) is 9.22. The van der Waals surface area contributed by atoms with Crippen LogP contribution in [0.3, 0.4) is 0 Å². The summed E-state index contributed by atoms with van der Waals surface area (Å²) in [7, 11) is 8.90. The van der Waals surface area contributed by atoms with Crippen molar-refractivity contribution in [3.63, 3.8) is 0 Å². The minimum atomic E-state index is -0.716. The van der Waals surface area contributed by atoms with E-state index in [1.165, 1.54) is 54.8 Å². The second-order valence-corrected chi connectivity index (χ2v) is 6.35. The monoisotopic (exact) mass is 461 g/mol. The molecule has 0 aliphatic rings. The van der Waals surface area contributed by atoms with Crippen molar-refractivity contribution in [2.45, 2.75) is 0 Å².